The monoisotopic (exact) mass is 353 g/mol. The molecule has 2 aromatic carbocycles. The lowest BCUT2D eigenvalue weighted by Gasteiger charge is -2.15. The van der Waals surface area contributed by atoms with E-state index in [1.54, 1.807) is 52.8 Å². The molecule has 0 aliphatic heterocycles. The van der Waals surface area contributed by atoms with E-state index in [0.29, 0.717) is 16.3 Å². The highest BCUT2D eigenvalue weighted by Crippen LogP contribution is 2.20. The summed E-state index contributed by atoms with van der Waals surface area (Å²) >= 11 is 1.72. The molecule has 0 aliphatic carbocycles. The van der Waals surface area contributed by atoms with Crippen molar-refractivity contribution in [1.29, 1.82) is 0 Å². The van der Waals surface area contributed by atoms with Crippen molar-refractivity contribution in [3.63, 3.8) is 0 Å². The van der Waals surface area contributed by atoms with Crippen LogP contribution in [0.5, 0.6) is 0 Å². The molecule has 3 aromatic rings. The molecule has 6 heteroatoms. The van der Waals surface area contributed by atoms with Crippen LogP contribution in [-0.4, -0.2) is 26.6 Å². The van der Waals surface area contributed by atoms with Crippen molar-refractivity contribution >= 4 is 23.4 Å². The van der Waals surface area contributed by atoms with Gasteiger partial charge >= 0.3 is 0 Å². The third kappa shape index (κ3) is 4.10. The molecule has 0 atom stereocenters. The highest BCUT2D eigenvalue weighted by atomic mass is 32.2. The van der Waals surface area contributed by atoms with E-state index in [1.165, 1.54) is 0 Å². The number of hydrogen-bond acceptors (Lipinski definition) is 4. The van der Waals surface area contributed by atoms with Crippen LogP contribution in [0.15, 0.2) is 71.9 Å². The minimum atomic E-state index is -0.467. The first-order valence-electron chi connectivity index (χ1n) is 8.06. The second-order valence-corrected chi connectivity index (χ2v) is 6.56. The number of amides is 1. The zero-order valence-electron chi connectivity index (χ0n) is 13.9. The van der Waals surface area contributed by atoms with Gasteiger partial charge in [0.25, 0.3) is 5.91 Å². The third-order valence-electron chi connectivity index (χ3n) is 3.59. The minimum absolute atomic E-state index is 0.408. The summed E-state index contributed by atoms with van der Waals surface area (Å²) in [6.07, 6.45) is 3.01. The van der Waals surface area contributed by atoms with Gasteiger partial charge in [-0.25, -0.2) is 4.68 Å². The Bertz CT molecular complexity index is 831. The highest BCUT2D eigenvalue weighted by Gasteiger charge is 2.15. The van der Waals surface area contributed by atoms with Gasteiger partial charge in [0.05, 0.1) is 11.4 Å². The molecule has 1 heterocycles. The average Bonchev–Trinajstić information content (AvgIpc) is 3.15. The third-order valence-corrected chi connectivity index (χ3v) is 4.72. The van der Waals surface area contributed by atoms with E-state index in [9.17, 15) is 10.0 Å². The van der Waals surface area contributed by atoms with Crippen molar-refractivity contribution in [3.05, 3.63) is 72.4 Å². The van der Waals surface area contributed by atoms with Crippen LogP contribution in [0.25, 0.3) is 5.69 Å². The second-order valence-electron chi connectivity index (χ2n) is 5.45. The Balaban J connectivity index is 1.73. The van der Waals surface area contributed by atoms with Crippen LogP contribution in [-0.2, 0) is 0 Å². The summed E-state index contributed by atoms with van der Waals surface area (Å²) in [7, 11) is 0. The average molecular weight is 353 g/mol. The summed E-state index contributed by atoms with van der Waals surface area (Å²) in [6.45, 7) is 2.14. The number of anilines is 1. The number of aromatic nitrogens is 2. The number of hydroxylamine groups is 1. The van der Waals surface area contributed by atoms with Gasteiger partial charge in [-0.3, -0.25) is 10.0 Å². The first-order valence-corrected chi connectivity index (χ1v) is 9.05. The summed E-state index contributed by atoms with van der Waals surface area (Å²) in [5.41, 5.74) is 1.71. The van der Waals surface area contributed by atoms with Crippen LogP contribution < -0.4 is 5.06 Å². The molecule has 0 spiro atoms. The molecule has 0 radical (unpaired) electrons. The van der Waals surface area contributed by atoms with Crippen molar-refractivity contribution in [2.75, 3.05) is 10.8 Å². The van der Waals surface area contributed by atoms with Gasteiger partial charge in [-0.05, 0) is 54.6 Å². The molecular formula is C19H19N3O2S. The van der Waals surface area contributed by atoms with Crippen molar-refractivity contribution < 1.29 is 10.0 Å². The lowest BCUT2D eigenvalue weighted by atomic mass is 10.2. The van der Waals surface area contributed by atoms with E-state index in [0.717, 1.165) is 22.9 Å². The fourth-order valence-corrected chi connectivity index (χ4v) is 3.02. The molecule has 0 unspecified atom stereocenters. The standard InChI is InChI=1S/C19H19N3O2S/c1-2-14-25-18-12-13-21(20-18)16-8-10-17(11-9-16)22(24)19(23)15-6-4-3-5-7-15/h3-13,24H,2,14H2,1H3. The predicted octanol–water partition coefficient (Wildman–Crippen LogP) is 4.41. The Kier molecular flexibility index (Phi) is 5.53. The summed E-state index contributed by atoms with van der Waals surface area (Å²) in [6, 6.07) is 17.7. The highest BCUT2D eigenvalue weighted by molar-refractivity contribution is 7.99. The van der Waals surface area contributed by atoms with E-state index >= 15 is 0 Å². The van der Waals surface area contributed by atoms with Crippen LogP contribution in [0.2, 0.25) is 0 Å². The molecule has 25 heavy (non-hydrogen) atoms. The number of carbonyl (C=O) groups is 1. The van der Waals surface area contributed by atoms with Gasteiger partial charge in [-0.2, -0.15) is 10.2 Å². The quantitative estimate of drug-likeness (QED) is 0.405. The number of hydrogen-bond donors (Lipinski definition) is 1. The maximum Gasteiger partial charge on any atom is 0.281 e. The molecule has 0 bridgehead atoms. The zero-order valence-corrected chi connectivity index (χ0v) is 14.7. The number of thioether (sulfide) groups is 1. The van der Waals surface area contributed by atoms with Crippen LogP contribution in [0.1, 0.15) is 23.7 Å². The van der Waals surface area contributed by atoms with E-state index in [1.807, 2.05) is 30.5 Å². The van der Waals surface area contributed by atoms with E-state index < -0.39 is 5.91 Å². The lowest BCUT2D eigenvalue weighted by Crippen LogP contribution is -2.26. The molecule has 5 nitrogen and oxygen atoms in total. The van der Waals surface area contributed by atoms with Crippen LogP contribution in [0.4, 0.5) is 5.69 Å². The van der Waals surface area contributed by atoms with Crippen LogP contribution in [0, 0.1) is 0 Å². The minimum Gasteiger partial charge on any atom is -0.281 e. The Morgan fingerprint density at radius 1 is 1.12 bits per heavy atom. The molecular weight excluding hydrogens is 334 g/mol. The van der Waals surface area contributed by atoms with Gasteiger partial charge in [0.15, 0.2) is 0 Å². The van der Waals surface area contributed by atoms with Gasteiger partial charge in [-0.15, -0.1) is 11.8 Å². The summed E-state index contributed by atoms with van der Waals surface area (Å²) in [5, 5.41) is 16.3. The number of rotatable bonds is 6. The molecule has 1 amide bonds. The fraction of sp³-hybridized carbons (Fsp3) is 0.158. The predicted molar refractivity (Wildman–Crippen MR) is 99.6 cm³/mol. The largest absolute Gasteiger partial charge is 0.281 e. The van der Waals surface area contributed by atoms with Gasteiger partial charge in [0.2, 0.25) is 0 Å². The summed E-state index contributed by atoms with van der Waals surface area (Å²) in [4.78, 5) is 12.3. The Morgan fingerprint density at radius 2 is 1.84 bits per heavy atom. The number of nitrogens with zero attached hydrogens (tertiary/aromatic N) is 3. The van der Waals surface area contributed by atoms with Crippen LogP contribution >= 0.6 is 11.8 Å². The van der Waals surface area contributed by atoms with Crippen molar-refractivity contribution in [2.45, 2.75) is 18.4 Å². The molecule has 1 aromatic heterocycles. The molecule has 128 valence electrons. The second kappa shape index (κ2) is 8.00. The molecule has 1 N–H and O–H groups in total. The maximum absolute atomic E-state index is 12.3. The normalized spacial score (nSPS) is 10.6. The Hall–Kier alpha value is -2.57. The number of carbonyl (C=O) groups excluding carboxylic acids is 1. The van der Waals surface area contributed by atoms with E-state index in [4.69, 9.17) is 0 Å². The molecule has 3 rings (SSSR count). The fourth-order valence-electron chi connectivity index (χ4n) is 2.30. The molecule has 0 aliphatic rings. The van der Waals surface area contributed by atoms with E-state index in [-0.39, 0.29) is 0 Å². The maximum atomic E-state index is 12.3. The topological polar surface area (TPSA) is 58.4 Å². The van der Waals surface area contributed by atoms with Crippen molar-refractivity contribution in [3.8, 4) is 5.69 Å². The van der Waals surface area contributed by atoms with E-state index in [2.05, 4.69) is 12.0 Å². The molecule has 0 saturated carbocycles. The lowest BCUT2D eigenvalue weighted by molar-refractivity contribution is 0.0855. The SMILES string of the molecule is CCCSc1ccn(-c2ccc(N(O)C(=O)c3ccccc3)cc2)n1. The Labute approximate surface area is 150 Å². The van der Waals surface area contributed by atoms with Gasteiger partial charge in [-0.1, -0.05) is 25.1 Å². The molecule has 0 saturated heterocycles. The first kappa shape index (κ1) is 17.3. The zero-order chi connectivity index (χ0) is 17.6. The van der Waals surface area contributed by atoms with Gasteiger partial charge in [0, 0.05) is 11.8 Å². The van der Waals surface area contributed by atoms with Gasteiger partial charge < -0.3 is 0 Å². The summed E-state index contributed by atoms with van der Waals surface area (Å²) < 4.78 is 1.78. The summed E-state index contributed by atoms with van der Waals surface area (Å²) in [5.74, 6) is 0.572. The van der Waals surface area contributed by atoms with Crippen molar-refractivity contribution in [1.82, 2.24) is 9.78 Å². The molecule has 0 fully saturated rings. The van der Waals surface area contributed by atoms with Gasteiger partial charge in [0.1, 0.15) is 5.03 Å². The Morgan fingerprint density at radius 3 is 2.52 bits per heavy atom. The number of benzene rings is 2. The first-order chi connectivity index (χ1) is 12.2. The smallest absolute Gasteiger partial charge is 0.281 e. The van der Waals surface area contributed by atoms with Crippen LogP contribution in [0.3, 0.4) is 0 Å². The van der Waals surface area contributed by atoms with Crippen molar-refractivity contribution in [2.24, 2.45) is 0 Å².